The van der Waals surface area contributed by atoms with Crippen LogP contribution in [0.15, 0.2) is 0 Å². The average molecular weight is 1550 g/mol. The smallest absolute Gasteiger partial charge is 0.462 e. The van der Waals surface area contributed by atoms with Gasteiger partial charge in [0.05, 0.1) is 26.4 Å². The van der Waals surface area contributed by atoms with Gasteiger partial charge in [0, 0.05) is 25.7 Å². The van der Waals surface area contributed by atoms with Crippen molar-refractivity contribution in [2.75, 3.05) is 39.6 Å². The van der Waals surface area contributed by atoms with Crippen molar-refractivity contribution in [1.82, 2.24) is 0 Å². The molecule has 0 aliphatic carbocycles. The second-order valence-corrected chi connectivity index (χ2v) is 35.1. The Morgan fingerprint density at radius 2 is 0.434 bits per heavy atom. The summed E-state index contributed by atoms with van der Waals surface area (Å²) < 4.78 is 69.0. The number of carbonyl (C=O) groups excluding carboxylic acids is 4. The first-order valence-electron chi connectivity index (χ1n) is 45.0. The summed E-state index contributed by atoms with van der Waals surface area (Å²) in [6, 6.07) is 0. The molecule has 630 valence electrons. The standard InChI is InChI=1S/C87H170O17P2/c1-7-9-11-13-15-17-19-21-23-24-25-26-27-33-37-41-47-54-60-66-72-87(92)103-82(75-97-84(89)69-63-57-51-45-39-35-32-29-28-31-34-38-43-49-55-61-67-79(3)4)77-101-105(93,94)99-73-81(88)74-100-106(95,96)102-78-83(76-98-85(90)70-64-58-52-48-42-44-50-56-62-68-80(5)6)104-86(91)71-65-59-53-46-40-36-30-22-20-18-16-14-12-10-8-2/h79-83,88H,7-78H2,1-6H3,(H,93,94)(H,95,96)/t81-,82-,83-/m1/s1. The lowest BCUT2D eigenvalue weighted by Gasteiger charge is -2.21. The molecule has 0 bridgehead atoms. The Labute approximate surface area is 651 Å². The van der Waals surface area contributed by atoms with Crippen molar-refractivity contribution in [2.24, 2.45) is 11.8 Å². The number of rotatable bonds is 86. The molecule has 0 heterocycles. The van der Waals surface area contributed by atoms with Crippen LogP contribution in [0, 0.1) is 11.8 Å². The molecule has 3 N–H and O–H groups in total. The third kappa shape index (κ3) is 80.1. The van der Waals surface area contributed by atoms with Crippen LogP contribution in [0.5, 0.6) is 0 Å². The molecular weight excluding hydrogens is 1380 g/mol. The molecule has 0 spiro atoms. The zero-order valence-electron chi connectivity index (χ0n) is 69.7. The number of hydrogen-bond acceptors (Lipinski definition) is 15. The Balaban J connectivity index is 5.25. The number of unbranched alkanes of at least 4 members (excludes halogenated alkanes) is 56. The SMILES string of the molecule is CCCCCCCCCCCCCCCCCCCCCCC(=O)O[C@H](COC(=O)CCCCCCCCCCCCCCCCCCC(C)C)COP(=O)(O)OC[C@@H](O)COP(=O)(O)OC[C@@H](COC(=O)CCCCCCCCCCCC(C)C)OC(=O)CCCCCCCCCCCCCCCCC. The molecule has 0 amide bonds. The number of carbonyl (C=O) groups is 4. The number of phosphoric ester groups is 2. The fourth-order valence-corrected chi connectivity index (χ4v) is 15.2. The van der Waals surface area contributed by atoms with Gasteiger partial charge in [-0.15, -0.1) is 0 Å². The van der Waals surface area contributed by atoms with Crippen LogP contribution in [-0.2, 0) is 65.4 Å². The van der Waals surface area contributed by atoms with Gasteiger partial charge in [0.25, 0.3) is 0 Å². The van der Waals surface area contributed by atoms with E-state index in [-0.39, 0.29) is 25.7 Å². The lowest BCUT2D eigenvalue weighted by Crippen LogP contribution is -2.30. The Kier molecular flexibility index (Phi) is 76.9. The second kappa shape index (κ2) is 78.3. The van der Waals surface area contributed by atoms with Gasteiger partial charge in [-0.2, -0.15) is 0 Å². The van der Waals surface area contributed by atoms with Crippen LogP contribution in [0.25, 0.3) is 0 Å². The first-order valence-corrected chi connectivity index (χ1v) is 48.0. The predicted octanol–water partition coefficient (Wildman–Crippen LogP) is 26.6. The lowest BCUT2D eigenvalue weighted by molar-refractivity contribution is -0.161. The van der Waals surface area contributed by atoms with E-state index >= 15 is 0 Å². The van der Waals surface area contributed by atoms with Gasteiger partial charge in [-0.1, -0.05) is 414 Å². The quantitative estimate of drug-likeness (QED) is 0.0222. The highest BCUT2D eigenvalue weighted by Crippen LogP contribution is 2.45. The topological polar surface area (TPSA) is 237 Å². The van der Waals surface area contributed by atoms with Crippen LogP contribution in [0.3, 0.4) is 0 Å². The van der Waals surface area contributed by atoms with Crippen molar-refractivity contribution in [3.05, 3.63) is 0 Å². The third-order valence-corrected chi connectivity index (χ3v) is 22.4. The van der Waals surface area contributed by atoms with Crippen LogP contribution in [0.1, 0.15) is 465 Å². The highest BCUT2D eigenvalue weighted by atomic mass is 31.2. The van der Waals surface area contributed by atoms with Crippen LogP contribution < -0.4 is 0 Å². The molecule has 0 aliphatic heterocycles. The van der Waals surface area contributed by atoms with E-state index < -0.39 is 97.5 Å². The maximum absolute atomic E-state index is 13.2. The minimum atomic E-state index is -4.97. The van der Waals surface area contributed by atoms with Crippen LogP contribution in [0.2, 0.25) is 0 Å². The number of aliphatic hydroxyl groups excluding tert-OH is 1. The molecule has 0 aromatic carbocycles. The molecule has 0 rings (SSSR count). The predicted molar refractivity (Wildman–Crippen MR) is 437 cm³/mol. The van der Waals surface area contributed by atoms with Crippen LogP contribution in [-0.4, -0.2) is 96.7 Å². The summed E-state index contributed by atoms with van der Waals surface area (Å²) in [5, 5.41) is 10.7. The minimum absolute atomic E-state index is 0.108. The van der Waals surface area contributed by atoms with Crippen molar-refractivity contribution in [3.63, 3.8) is 0 Å². The molecule has 17 nitrogen and oxygen atoms in total. The summed E-state index contributed by atoms with van der Waals surface area (Å²) >= 11 is 0. The van der Waals surface area contributed by atoms with E-state index in [1.165, 1.54) is 283 Å². The number of esters is 4. The first-order chi connectivity index (χ1) is 51.4. The van der Waals surface area contributed by atoms with E-state index in [2.05, 4.69) is 41.5 Å². The lowest BCUT2D eigenvalue weighted by atomic mass is 10.0. The molecule has 0 radical (unpaired) electrons. The van der Waals surface area contributed by atoms with Crippen molar-refractivity contribution in [1.29, 1.82) is 0 Å². The van der Waals surface area contributed by atoms with Gasteiger partial charge in [-0.05, 0) is 37.5 Å². The number of aliphatic hydroxyl groups is 1. The Bertz CT molecular complexity index is 2030. The molecule has 0 fully saturated rings. The maximum atomic E-state index is 13.2. The summed E-state index contributed by atoms with van der Waals surface area (Å²) in [5.41, 5.74) is 0. The van der Waals surface area contributed by atoms with Gasteiger partial charge in [-0.3, -0.25) is 37.3 Å². The van der Waals surface area contributed by atoms with Crippen molar-refractivity contribution in [2.45, 2.75) is 484 Å². The highest BCUT2D eigenvalue weighted by molar-refractivity contribution is 7.47. The molecule has 0 aromatic rings. The molecule has 2 unspecified atom stereocenters. The van der Waals surface area contributed by atoms with Crippen molar-refractivity contribution >= 4 is 39.5 Å². The van der Waals surface area contributed by atoms with Gasteiger partial charge in [0.1, 0.15) is 19.3 Å². The Morgan fingerprint density at radius 3 is 0.642 bits per heavy atom. The van der Waals surface area contributed by atoms with Gasteiger partial charge in [0.2, 0.25) is 0 Å². The van der Waals surface area contributed by atoms with E-state index in [0.29, 0.717) is 25.7 Å². The maximum Gasteiger partial charge on any atom is 0.472 e. The van der Waals surface area contributed by atoms with E-state index in [0.717, 1.165) is 102 Å². The minimum Gasteiger partial charge on any atom is -0.462 e. The molecule has 0 saturated heterocycles. The van der Waals surface area contributed by atoms with Gasteiger partial charge < -0.3 is 33.8 Å². The molecule has 0 aromatic heterocycles. The zero-order chi connectivity index (χ0) is 77.8. The molecule has 0 aliphatic rings. The van der Waals surface area contributed by atoms with E-state index in [1.54, 1.807) is 0 Å². The van der Waals surface area contributed by atoms with Crippen molar-refractivity contribution in [3.8, 4) is 0 Å². The summed E-state index contributed by atoms with van der Waals surface area (Å²) in [6.45, 7) is 9.70. The third-order valence-electron chi connectivity index (χ3n) is 20.5. The van der Waals surface area contributed by atoms with Gasteiger partial charge in [0.15, 0.2) is 12.2 Å². The number of hydrogen-bond donors (Lipinski definition) is 3. The summed E-state index contributed by atoms with van der Waals surface area (Å²) in [4.78, 5) is 73.3. The summed E-state index contributed by atoms with van der Waals surface area (Å²) in [7, 11) is -9.93. The summed E-state index contributed by atoms with van der Waals surface area (Å²) in [6.07, 6.45) is 70.8. The summed E-state index contributed by atoms with van der Waals surface area (Å²) in [5.74, 6) is -0.543. The van der Waals surface area contributed by atoms with E-state index in [4.69, 9.17) is 37.0 Å². The monoisotopic (exact) mass is 1550 g/mol. The number of phosphoric acid groups is 2. The van der Waals surface area contributed by atoms with Gasteiger partial charge >= 0.3 is 39.5 Å². The normalized spacial score (nSPS) is 13.8. The fraction of sp³-hybridized carbons (Fsp3) is 0.954. The molecule has 0 saturated carbocycles. The van der Waals surface area contributed by atoms with E-state index in [1.807, 2.05) is 0 Å². The highest BCUT2D eigenvalue weighted by Gasteiger charge is 2.30. The van der Waals surface area contributed by atoms with E-state index in [9.17, 15) is 43.2 Å². The number of ether oxygens (including phenoxy) is 4. The van der Waals surface area contributed by atoms with Crippen LogP contribution in [0.4, 0.5) is 0 Å². The molecule has 5 atom stereocenters. The molecule has 106 heavy (non-hydrogen) atoms. The van der Waals surface area contributed by atoms with Gasteiger partial charge in [-0.25, -0.2) is 9.13 Å². The Hall–Kier alpha value is -1.94. The molecular formula is C87H170O17P2. The fourth-order valence-electron chi connectivity index (χ4n) is 13.6. The van der Waals surface area contributed by atoms with Crippen molar-refractivity contribution < 1.29 is 80.2 Å². The molecule has 19 heteroatoms. The zero-order valence-corrected chi connectivity index (χ0v) is 71.5. The second-order valence-electron chi connectivity index (χ2n) is 32.2. The first kappa shape index (κ1) is 104. The Morgan fingerprint density at radius 1 is 0.255 bits per heavy atom. The van der Waals surface area contributed by atoms with Crippen LogP contribution >= 0.6 is 15.6 Å². The average Bonchev–Trinajstić information content (AvgIpc) is 0.895. The largest absolute Gasteiger partial charge is 0.472 e.